The highest BCUT2D eigenvalue weighted by Crippen LogP contribution is 2.21. The molecule has 0 spiro atoms. The van der Waals surface area contributed by atoms with Gasteiger partial charge in [-0.05, 0) is 18.2 Å². The van der Waals surface area contributed by atoms with Gasteiger partial charge in [-0.25, -0.2) is 14.8 Å². The monoisotopic (exact) mass is 236 g/mol. The molecule has 0 aliphatic heterocycles. The molecular weight excluding hydrogens is 228 g/mol. The molecule has 0 N–H and O–H groups in total. The number of benzene rings is 1. The zero-order valence-electron chi connectivity index (χ0n) is 9.32. The number of imidazole rings is 1. The lowest BCUT2D eigenvalue weighted by atomic mass is 10.1. The van der Waals surface area contributed by atoms with Crippen molar-refractivity contribution < 1.29 is 4.79 Å². The van der Waals surface area contributed by atoms with Gasteiger partial charge in [-0.15, -0.1) is 0 Å². The van der Waals surface area contributed by atoms with E-state index in [4.69, 9.17) is 0 Å². The minimum atomic E-state index is 0.579. The second kappa shape index (κ2) is 4.24. The van der Waals surface area contributed by atoms with Gasteiger partial charge in [0.1, 0.15) is 0 Å². The van der Waals surface area contributed by atoms with Crippen LogP contribution in [0.4, 0.5) is 5.69 Å². The Labute approximate surface area is 102 Å². The quantitative estimate of drug-likeness (QED) is 0.507. The summed E-state index contributed by atoms with van der Waals surface area (Å²) >= 11 is 0. The lowest BCUT2D eigenvalue weighted by molar-refractivity contribution is 0.565. The van der Waals surface area contributed by atoms with Crippen LogP contribution in [0.2, 0.25) is 0 Å². The van der Waals surface area contributed by atoms with Gasteiger partial charge < -0.3 is 0 Å². The van der Waals surface area contributed by atoms with Crippen LogP contribution in [0.15, 0.2) is 53.9 Å². The van der Waals surface area contributed by atoms with Crippen molar-refractivity contribution >= 4 is 17.5 Å². The Balaban J connectivity index is 2.05. The molecule has 0 aliphatic rings. The molecule has 0 amide bonds. The van der Waals surface area contributed by atoms with E-state index in [9.17, 15) is 4.79 Å². The SMILES string of the molecule is O=C=Nc1ccc(-c2cn3cccnc3n2)cc1. The standard InChI is InChI=1S/C13H8N4O/c18-9-15-11-4-2-10(3-5-11)12-8-17-7-1-6-14-13(17)16-12/h1-8H. The van der Waals surface area contributed by atoms with E-state index in [1.165, 1.54) is 6.08 Å². The molecule has 0 saturated heterocycles. The summed E-state index contributed by atoms with van der Waals surface area (Å²) in [5, 5.41) is 0. The van der Waals surface area contributed by atoms with Gasteiger partial charge in [0.25, 0.3) is 0 Å². The van der Waals surface area contributed by atoms with Gasteiger partial charge in [-0.3, -0.25) is 4.40 Å². The van der Waals surface area contributed by atoms with Crippen molar-refractivity contribution in [1.29, 1.82) is 0 Å². The minimum Gasteiger partial charge on any atom is -0.291 e. The van der Waals surface area contributed by atoms with Crippen molar-refractivity contribution in [3.8, 4) is 11.3 Å². The fraction of sp³-hybridized carbons (Fsp3) is 0. The number of isocyanates is 1. The molecule has 0 unspecified atom stereocenters. The highest BCUT2D eigenvalue weighted by Gasteiger charge is 2.04. The fourth-order valence-corrected chi connectivity index (χ4v) is 1.73. The van der Waals surface area contributed by atoms with Gasteiger partial charge in [0, 0.05) is 24.2 Å². The van der Waals surface area contributed by atoms with Gasteiger partial charge in [-0.1, -0.05) is 12.1 Å². The first-order chi connectivity index (χ1) is 8.86. The largest absolute Gasteiger partial charge is 0.291 e. The third-order valence-electron chi connectivity index (χ3n) is 2.57. The van der Waals surface area contributed by atoms with E-state index >= 15 is 0 Å². The normalized spacial score (nSPS) is 10.2. The lowest BCUT2D eigenvalue weighted by Crippen LogP contribution is -1.82. The molecule has 0 radical (unpaired) electrons. The van der Waals surface area contributed by atoms with Gasteiger partial charge >= 0.3 is 0 Å². The molecule has 2 aromatic heterocycles. The maximum absolute atomic E-state index is 10.1. The molecule has 0 fully saturated rings. The molecule has 0 saturated carbocycles. The summed E-state index contributed by atoms with van der Waals surface area (Å²) in [6.45, 7) is 0. The predicted molar refractivity (Wildman–Crippen MR) is 66.2 cm³/mol. The van der Waals surface area contributed by atoms with Crippen molar-refractivity contribution in [2.75, 3.05) is 0 Å². The number of nitrogens with zero attached hydrogens (tertiary/aromatic N) is 4. The van der Waals surface area contributed by atoms with Gasteiger partial charge in [-0.2, -0.15) is 4.99 Å². The third kappa shape index (κ3) is 1.79. The van der Waals surface area contributed by atoms with E-state index < -0.39 is 0 Å². The molecule has 5 nitrogen and oxygen atoms in total. The van der Waals surface area contributed by atoms with E-state index in [0.29, 0.717) is 11.5 Å². The van der Waals surface area contributed by atoms with Crippen LogP contribution in [0.5, 0.6) is 0 Å². The van der Waals surface area contributed by atoms with Gasteiger partial charge in [0.05, 0.1) is 11.4 Å². The summed E-state index contributed by atoms with van der Waals surface area (Å²) in [6, 6.07) is 9.06. The van der Waals surface area contributed by atoms with E-state index in [-0.39, 0.29) is 0 Å². The van der Waals surface area contributed by atoms with E-state index in [0.717, 1.165) is 11.3 Å². The number of hydrogen-bond donors (Lipinski definition) is 0. The highest BCUT2D eigenvalue weighted by atomic mass is 16.1. The van der Waals surface area contributed by atoms with Crippen molar-refractivity contribution in [3.63, 3.8) is 0 Å². The Morgan fingerprint density at radius 3 is 2.78 bits per heavy atom. The second-order valence-electron chi connectivity index (χ2n) is 3.70. The van der Waals surface area contributed by atoms with Crippen LogP contribution < -0.4 is 0 Å². The van der Waals surface area contributed by atoms with E-state index in [2.05, 4.69) is 15.0 Å². The lowest BCUT2D eigenvalue weighted by Gasteiger charge is -1.95. The van der Waals surface area contributed by atoms with Crippen LogP contribution in [0.3, 0.4) is 0 Å². The van der Waals surface area contributed by atoms with E-state index in [1.54, 1.807) is 18.3 Å². The minimum absolute atomic E-state index is 0.579. The Hall–Kier alpha value is -2.78. The molecule has 5 heteroatoms. The number of hydrogen-bond acceptors (Lipinski definition) is 4. The second-order valence-corrected chi connectivity index (χ2v) is 3.70. The summed E-state index contributed by atoms with van der Waals surface area (Å²) in [6.07, 6.45) is 7.01. The summed E-state index contributed by atoms with van der Waals surface area (Å²) in [7, 11) is 0. The van der Waals surface area contributed by atoms with Crippen LogP contribution >= 0.6 is 0 Å². The maximum Gasteiger partial charge on any atom is 0.240 e. The molecule has 0 bridgehead atoms. The number of aromatic nitrogens is 3. The predicted octanol–water partition coefficient (Wildman–Crippen LogP) is 2.36. The molecule has 86 valence electrons. The first-order valence-corrected chi connectivity index (χ1v) is 5.35. The summed E-state index contributed by atoms with van der Waals surface area (Å²) in [5.41, 5.74) is 2.36. The average Bonchev–Trinajstić information content (AvgIpc) is 2.84. The first-order valence-electron chi connectivity index (χ1n) is 5.35. The molecular formula is C13H8N4O. The topological polar surface area (TPSA) is 59.6 Å². The third-order valence-corrected chi connectivity index (χ3v) is 2.57. The number of fused-ring (bicyclic) bond motifs is 1. The Morgan fingerprint density at radius 2 is 2.06 bits per heavy atom. The van der Waals surface area contributed by atoms with Crippen molar-refractivity contribution in [2.24, 2.45) is 4.99 Å². The summed E-state index contributed by atoms with van der Waals surface area (Å²) in [5.74, 6) is 0.655. The smallest absolute Gasteiger partial charge is 0.240 e. The molecule has 0 aliphatic carbocycles. The summed E-state index contributed by atoms with van der Waals surface area (Å²) < 4.78 is 1.85. The highest BCUT2D eigenvalue weighted by molar-refractivity contribution is 5.64. The number of rotatable bonds is 2. The maximum atomic E-state index is 10.1. The fourth-order valence-electron chi connectivity index (χ4n) is 1.73. The Morgan fingerprint density at radius 1 is 1.22 bits per heavy atom. The zero-order valence-corrected chi connectivity index (χ0v) is 9.32. The molecule has 1 aromatic carbocycles. The van der Waals surface area contributed by atoms with E-state index in [1.807, 2.05) is 35.0 Å². The first kappa shape index (κ1) is 10.4. The van der Waals surface area contributed by atoms with Gasteiger partial charge in [0.15, 0.2) is 0 Å². The number of aliphatic imine (C=N–C) groups is 1. The van der Waals surface area contributed by atoms with Crippen LogP contribution in [-0.2, 0) is 4.79 Å². The molecule has 0 atom stereocenters. The van der Waals surface area contributed by atoms with Crippen molar-refractivity contribution in [1.82, 2.24) is 14.4 Å². The van der Waals surface area contributed by atoms with Crippen molar-refractivity contribution in [2.45, 2.75) is 0 Å². The molecule has 18 heavy (non-hydrogen) atoms. The number of carbonyl (C=O) groups excluding carboxylic acids is 1. The van der Waals surface area contributed by atoms with Gasteiger partial charge in [0.2, 0.25) is 11.9 Å². The summed E-state index contributed by atoms with van der Waals surface area (Å²) in [4.78, 5) is 22.2. The van der Waals surface area contributed by atoms with Crippen LogP contribution in [0.25, 0.3) is 17.0 Å². The van der Waals surface area contributed by atoms with Crippen LogP contribution in [-0.4, -0.2) is 20.4 Å². The zero-order chi connectivity index (χ0) is 12.4. The molecule has 3 aromatic rings. The Bertz CT molecular complexity index is 706. The van der Waals surface area contributed by atoms with Crippen LogP contribution in [0.1, 0.15) is 0 Å². The van der Waals surface area contributed by atoms with Crippen molar-refractivity contribution in [3.05, 3.63) is 48.9 Å². The molecule has 3 rings (SSSR count). The molecule has 2 heterocycles. The average molecular weight is 236 g/mol. The van der Waals surface area contributed by atoms with Crippen LogP contribution in [0, 0.1) is 0 Å². The Kier molecular flexibility index (Phi) is 2.44.